The zero-order valence-corrected chi connectivity index (χ0v) is 17.1. The highest BCUT2D eigenvalue weighted by Gasteiger charge is 2.15. The topological polar surface area (TPSA) is 52.6 Å². The van der Waals surface area contributed by atoms with Crippen molar-refractivity contribution in [3.8, 4) is 0 Å². The molecule has 3 atom stereocenters. The van der Waals surface area contributed by atoms with Gasteiger partial charge in [0, 0.05) is 13.0 Å². The van der Waals surface area contributed by atoms with E-state index in [2.05, 4.69) is 29.8 Å². The molecule has 0 unspecified atom stereocenters. The van der Waals surface area contributed by atoms with E-state index in [1.165, 1.54) is 57.8 Å². The van der Waals surface area contributed by atoms with Crippen LogP contribution < -0.4 is 0 Å². The number of rotatable bonds is 13. The molecule has 0 aromatic carbocycles. The monoisotopic (exact) mass is 404 g/mol. The molecule has 0 aromatic rings. The first-order valence-electron chi connectivity index (χ1n) is 9.05. The Labute approximate surface area is 155 Å². The van der Waals surface area contributed by atoms with Crippen LogP contribution in [-0.2, 0) is 19.1 Å². The van der Waals surface area contributed by atoms with Crippen LogP contribution in [0, 0.1) is 11.8 Å². The van der Waals surface area contributed by atoms with Gasteiger partial charge in [-0.15, -0.1) is 0 Å². The Bertz CT molecular complexity index is 382. The predicted molar refractivity (Wildman–Crippen MR) is 101 cm³/mol. The lowest BCUT2D eigenvalue weighted by molar-refractivity contribution is -0.142. The first-order chi connectivity index (χ1) is 11.4. The Balaban J connectivity index is 3.85. The molecule has 0 aromatic heterocycles. The largest absolute Gasteiger partial charge is 0.446 e. The number of esters is 2. The van der Waals surface area contributed by atoms with Crippen LogP contribution in [0.3, 0.4) is 0 Å². The van der Waals surface area contributed by atoms with Crippen LogP contribution in [0.15, 0.2) is 12.3 Å². The van der Waals surface area contributed by atoms with Crippen LogP contribution >= 0.6 is 15.9 Å². The third-order valence-corrected chi connectivity index (χ3v) is 4.48. The van der Waals surface area contributed by atoms with Crippen LogP contribution in [0.1, 0.15) is 79.1 Å². The van der Waals surface area contributed by atoms with Crippen molar-refractivity contribution >= 4 is 27.9 Å². The van der Waals surface area contributed by atoms with E-state index in [4.69, 9.17) is 9.47 Å². The lowest BCUT2D eigenvalue weighted by atomic mass is 9.93. The molecule has 0 heterocycles. The van der Waals surface area contributed by atoms with Crippen LogP contribution in [0.25, 0.3) is 0 Å². The summed E-state index contributed by atoms with van der Waals surface area (Å²) in [6, 6.07) is 0. The molecule has 140 valence electrons. The summed E-state index contributed by atoms with van der Waals surface area (Å²) in [6.07, 6.45) is 12.4. The molecule has 0 aliphatic carbocycles. The van der Waals surface area contributed by atoms with Crippen molar-refractivity contribution in [2.75, 3.05) is 0 Å². The second kappa shape index (κ2) is 14.5. The van der Waals surface area contributed by atoms with Gasteiger partial charge in [-0.25, -0.2) is 0 Å². The maximum atomic E-state index is 11.9. The summed E-state index contributed by atoms with van der Waals surface area (Å²) in [5.41, 5.74) is 0. The summed E-state index contributed by atoms with van der Waals surface area (Å²) >= 11 is 3.13. The van der Waals surface area contributed by atoms with Gasteiger partial charge in [-0.3, -0.25) is 9.59 Å². The van der Waals surface area contributed by atoms with Gasteiger partial charge in [0.05, 0.1) is 12.2 Å². The van der Waals surface area contributed by atoms with Crippen molar-refractivity contribution in [2.24, 2.45) is 11.8 Å². The third kappa shape index (κ3) is 13.6. The maximum Gasteiger partial charge on any atom is 0.313 e. The Morgan fingerprint density at radius 3 is 2.33 bits per heavy atom. The quantitative estimate of drug-likeness (QED) is 0.170. The minimum Gasteiger partial charge on any atom is -0.446 e. The average molecular weight is 405 g/mol. The Morgan fingerprint density at radius 2 is 1.71 bits per heavy atom. The SMILES string of the molecule is CCCCCCC[C@H](C)CC[C@@H](C)C(=O)O/C=C\[C@@H](Br)OC(C)=O. The lowest BCUT2D eigenvalue weighted by Gasteiger charge is -2.14. The molecule has 0 radical (unpaired) electrons. The molecule has 24 heavy (non-hydrogen) atoms. The van der Waals surface area contributed by atoms with E-state index in [0.29, 0.717) is 5.92 Å². The standard InChI is InChI=1S/C19H33BrO4/c1-5-6-7-8-9-10-15(2)11-12-16(3)19(22)23-14-13-18(20)24-17(4)21/h13-16,18H,5-12H2,1-4H3/b14-13-/t15-,16+,18-/m0/s1. The van der Waals surface area contributed by atoms with E-state index in [1.54, 1.807) is 0 Å². The van der Waals surface area contributed by atoms with Crippen LogP contribution in [0.2, 0.25) is 0 Å². The van der Waals surface area contributed by atoms with Crippen LogP contribution in [0.5, 0.6) is 0 Å². The molecule has 0 aliphatic heterocycles. The van der Waals surface area contributed by atoms with Crippen molar-refractivity contribution < 1.29 is 19.1 Å². The van der Waals surface area contributed by atoms with Gasteiger partial charge in [-0.05, 0) is 34.7 Å². The average Bonchev–Trinajstić information content (AvgIpc) is 2.51. The molecule has 0 aliphatic rings. The number of hydrogen-bond donors (Lipinski definition) is 0. The molecule has 0 bridgehead atoms. The number of alkyl halides is 1. The number of hydrogen-bond acceptors (Lipinski definition) is 4. The number of unbranched alkanes of at least 4 members (excludes halogenated alkanes) is 4. The van der Waals surface area contributed by atoms with Gasteiger partial charge in [0.25, 0.3) is 0 Å². The Morgan fingerprint density at radius 1 is 1.04 bits per heavy atom. The second-order valence-electron chi connectivity index (χ2n) is 6.51. The molecule has 4 nitrogen and oxygen atoms in total. The van der Waals surface area contributed by atoms with Gasteiger partial charge < -0.3 is 9.47 Å². The van der Waals surface area contributed by atoms with E-state index in [9.17, 15) is 9.59 Å². The van der Waals surface area contributed by atoms with E-state index >= 15 is 0 Å². The molecule has 0 saturated heterocycles. The predicted octanol–water partition coefficient (Wildman–Crippen LogP) is 5.74. The highest BCUT2D eigenvalue weighted by molar-refractivity contribution is 9.09. The fourth-order valence-corrected chi connectivity index (χ4v) is 2.76. The van der Waals surface area contributed by atoms with E-state index in [-0.39, 0.29) is 11.9 Å². The number of carbonyl (C=O) groups is 2. The first kappa shape index (κ1) is 23.2. The molecule has 5 heteroatoms. The first-order valence-corrected chi connectivity index (χ1v) is 9.96. The van der Waals surface area contributed by atoms with E-state index in [1.807, 2.05) is 6.92 Å². The van der Waals surface area contributed by atoms with Crippen LogP contribution in [0.4, 0.5) is 0 Å². The molecule has 0 spiro atoms. The second-order valence-corrected chi connectivity index (χ2v) is 7.41. The summed E-state index contributed by atoms with van der Waals surface area (Å²) in [6.45, 7) is 7.70. The van der Waals surface area contributed by atoms with Crippen molar-refractivity contribution in [3.05, 3.63) is 12.3 Å². The van der Waals surface area contributed by atoms with E-state index in [0.717, 1.165) is 12.8 Å². The smallest absolute Gasteiger partial charge is 0.313 e. The molecule has 0 fully saturated rings. The van der Waals surface area contributed by atoms with Gasteiger partial charge in [0.1, 0.15) is 0 Å². The zero-order valence-electron chi connectivity index (χ0n) is 15.6. The molecule has 0 N–H and O–H groups in total. The summed E-state index contributed by atoms with van der Waals surface area (Å²) in [7, 11) is 0. The summed E-state index contributed by atoms with van der Waals surface area (Å²) in [5, 5.41) is -0.578. The third-order valence-electron chi connectivity index (χ3n) is 3.99. The normalized spacial score (nSPS) is 15.0. The molecular weight excluding hydrogens is 372 g/mol. The summed E-state index contributed by atoms with van der Waals surface area (Å²) in [5.74, 6) is -0.123. The summed E-state index contributed by atoms with van der Waals surface area (Å²) in [4.78, 5) is 22.6. The number of carbonyl (C=O) groups excluding carboxylic acids is 2. The van der Waals surface area contributed by atoms with Gasteiger partial charge in [-0.2, -0.15) is 0 Å². The maximum absolute atomic E-state index is 11.9. The van der Waals surface area contributed by atoms with Gasteiger partial charge in [0.2, 0.25) is 0 Å². The Hall–Kier alpha value is -0.840. The van der Waals surface area contributed by atoms with Gasteiger partial charge in [0.15, 0.2) is 5.01 Å². The highest BCUT2D eigenvalue weighted by Crippen LogP contribution is 2.19. The van der Waals surface area contributed by atoms with Gasteiger partial charge in [-0.1, -0.05) is 59.3 Å². The molecule has 0 saturated carbocycles. The fourth-order valence-electron chi connectivity index (χ4n) is 2.38. The van der Waals surface area contributed by atoms with Crippen molar-refractivity contribution in [1.82, 2.24) is 0 Å². The number of ether oxygens (including phenoxy) is 2. The molecule has 0 rings (SSSR count). The molecular formula is C19H33BrO4. The van der Waals surface area contributed by atoms with E-state index < -0.39 is 11.0 Å². The van der Waals surface area contributed by atoms with Crippen LogP contribution in [-0.4, -0.2) is 17.0 Å². The van der Waals surface area contributed by atoms with Crippen molar-refractivity contribution in [2.45, 2.75) is 84.1 Å². The minimum atomic E-state index is -0.578. The minimum absolute atomic E-state index is 0.125. The number of halogens is 1. The zero-order chi connectivity index (χ0) is 18.4. The highest BCUT2D eigenvalue weighted by atomic mass is 79.9. The fraction of sp³-hybridized carbons (Fsp3) is 0.789. The lowest BCUT2D eigenvalue weighted by Crippen LogP contribution is -2.14. The van der Waals surface area contributed by atoms with Crippen molar-refractivity contribution in [3.63, 3.8) is 0 Å². The summed E-state index contributed by atoms with van der Waals surface area (Å²) < 4.78 is 9.91. The molecule has 0 amide bonds. The Kier molecular flexibility index (Phi) is 14.0. The van der Waals surface area contributed by atoms with Gasteiger partial charge >= 0.3 is 11.9 Å². The van der Waals surface area contributed by atoms with Crippen molar-refractivity contribution in [1.29, 1.82) is 0 Å².